The van der Waals surface area contributed by atoms with Crippen LogP contribution in [0.25, 0.3) is 5.69 Å². The van der Waals surface area contributed by atoms with Gasteiger partial charge in [-0.1, -0.05) is 13.8 Å². The Kier molecular flexibility index (Phi) is 4.32. The molecule has 0 aliphatic rings. The minimum Gasteiger partial charge on any atom is -0.313 e. The fourth-order valence-electron chi connectivity index (χ4n) is 2.44. The largest absolute Gasteiger partial charge is 0.313 e. The van der Waals surface area contributed by atoms with E-state index in [0.717, 1.165) is 30.9 Å². The second-order valence-electron chi connectivity index (χ2n) is 4.70. The molecule has 0 bridgehead atoms. The van der Waals surface area contributed by atoms with E-state index in [1.807, 2.05) is 23.1 Å². The maximum atomic E-state index is 4.68. The molecule has 0 saturated carbocycles. The first kappa shape index (κ1) is 13.7. The average molecular weight is 258 g/mol. The van der Waals surface area contributed by atoms with Crippen molar-refractivity contribution in [1.82, 2.24) is 20.1 Å². The molecule has 2 aromatic rings. The monoisotopic (exact) mass is 258 g/mol. The zero-order valence-corrected chi connectivity index (χ0v) is 12.2. The van der Waals surface area contributed by atoms with E-state index < -0.39 is 0 Å². The summed E-state index contributed by atoms with van der Waals surface area (Å²) in [6, 6.07) is 2.03. The van der Waals surface area contributed by atoms with Gasteiger partial charge in [-0.2, -0.15) is 5.10 Å². The van der Waals surface area contributed by atoms with Crippen molar-refractivity contribution in [2.45, 2.75) is 40.7 Å². The van der Waals surface area contributed by atoms with E-state index in [0.29, 0.717) is 0 Å². The van der Waals surface area contributed by atoms with Gasteiger partial charge in [0.25, 0.3) is 0 Å². The number of aryl methyl sites for hydroxylation is 1. The van der Waals surface area contributed by atoms with Crippen LogP contribution in [0, 0.1) is 13.8 Å². The molecule has 0 aromatic carbocycles. The molecule has 0 unspecified atom stereocenters. The molecule has 102 valence electrons. The Hall–Kier alpha value is -1.68. The van der Waals surface area contributed by atoms with Gasteiger partial charge in [0.05, 0.1) is 11.4 Å². The Morgan fingerprint density at radius 3 is 2.68 bits per heavy atom. The first-order valence-electron chi connectivity index (χ1n) is 6.88. The number of hydrogen-bond acceptors (Lipinski definition) is 3. The van der Waals surface area contributed by atoms with Crippen LogP contribution in [-0.2, 0) is 13.0 Å². The maximum Gasteiger partial charge on any atom is 0.0724 e. The summed E-state index contributed by atoms with van der Waals surface area (Å²) in [6.07, 6.45) is 4.76. The van der Waals surface area contributed by atoms with Crippen molar-refractivity contribution in [3.8, 4) is 5.69 Å². The van der Waals surface area contributed by atoms with Crippen molar-refractivity contribution in [2.75, 3.05) is 6.54 Å². The molecule has 4 nitrogen and oxygen atoms in total. The summed E-state index contributed by atoms with van der Waals surface area (Å²) < 4.78 is 2.04. The van der Waals surface area contributed by atoms with Crippen LogP contribution in [-0.4, -0.2) is 21.3 Å². The van der Waals surface area contributed by atoms with Gasteiger partial charge in [-0.15, -0.1) is 0 Å². The molecule has 0 atom stereocenters. The zero-order chi connectivity index (χ0) is 13.8. The summed E-state index contributed by atoms with van der Waals surface area (Å²) in [5, 5.41) is 8.03. The second kappa shape index (κ2) is 5.97. The van der Waals surface area contributed by atoms with E-state index in [4.69, 9.17) is 0 Å². The molecule has 0 radical (unpaired) electrons. The molecule has 0 saturated heterocycles. The van der Waals surface area contributed by atoms with Crippen LogP contribution in [0.3, 0.4) is 0 Å². The lowest BCUT2D eigenvalue weighted by Gasteiger charge is -2.11. The third-order valence-corrected chi connectivity index (χ3v) is 3.47. The second-order valence-corrected chi connectivity index (χ2v) is 4.70. The van der Waals surface area contributed by atoms with Crippen LogP contribution in [0.4, 0.5) is 0 Å². The van der Waals surface area contributed by atoms with Crippen LogP contribution >= 0.6 is 0 Å². The van der Waals surface area contributed by atoms with E-state index in [1.54, 1.807) is 0 Å². The Labute approximate surface area is 114 Å². The first-order valence-corrected chi connectivity index (χ1v) is 6.88. The van der Waals surface area contributed by atoms with E-state index in [-0.39, 0.29) is 0 Å². The lowest BCUT2D eigenvalue weighted by Crippen LogP contribution is -2.15. The summed E-state index contributed by atoms with van der Waals surface area (Å²) >= 11 is 0. The molecule has 0 aliphatic carbocycles. The standard InChI is InChI=1S/C15H22N4/c1-5-14-11(3)18-19(12(14)4)15-7-8-17-10-13(15)9-16-6-2/h7-8,10,16H,5-6,9H2,1-4H3. The highest BCUT2D eigenvalue weighted by Gasteiger charge is 2.13. The zero-order valence-electron chi connectivity index (χ0n) is 12.2. The summed E-state index contributed by atoms with van der Waals surface area (Å²) in [5.41, 5.74) is 5.98. The maximum absolute atomic E-state index is 4.68. The van der Waals surface area contributed by atoms with Gasteiger partial charge in [0.15, 0.2) is 0 Å². The van der Waals surface area contributed by atoms with Gasteiger partial charge < -0.3 is 5.32 Å². The number of nitrogens with one attached hydrogen (secondary N) is 1. The highest BCUT2D eigenvalue weighted by atomic mass is 15.3. The van der Waals surface area contributed by atoms with Crippen LogP contribution in [0.1, 0.15) is 36.4 Å². The van der Waals surface area contributed by atoms with E-state index >= 15 is 0 Å². The third-order valence-electron chi connectivity index (χ3n) is 3.47. The summed E-state index contributed by atoms with van der Waals surface area (Å²) in [5.74, 6) is 0. The normalized spacial score (nSPS) is 10.9. The van der Waals surface area contributed by atoms with Gasteiger partial charge in [0.1, 0.15) is 0 Å². The number of rotatable bonds is 5. The molecule has 19 heavy (non-hydrogen) atoms. The van der Waals surface area contributed by atoms with Crippen molar-refractivity contribution >= 4 is 0 Å². The minimum atomic E-state index is 0.819. The fourth-order valence-corrected chi connectivity index (χ4v) is 2.44. The summed E-state index contributed by atoms with van der Waals surface area (Å²) in [4.78, 5) is 4.22. The highest BCUT2D eigenvalue weighted by molar-refractivity contribution is 5.42. The molecule has 2 rings (SSSR count). The molecular weight excluding hydrogens is 236 g/mol. The van der Waals surface area contributed by atoms with Gasteiger partial charge in [0, 0.05) is 30.2 Å². The van der Waals surface area contributed by atoms with Crippen molar-refractivity contribution in [1.29, 1.82) is 0 Å². The van der Waals surface area contributed by atoms with Gasteiger partial charge >= 0.3 is 0 Å². The average Bonchev–Trinajstić information content (AvgIpc) is 2.71. The van der Waals surface area contributed by atoms with Gasteiger partial charge in [-0.3, -0.25) is 4.98 Å². The van der Waals surface area contributed by atoms with Crippen molar-refractivity contribution in [2.24, 2.45) is 0 Å². The summed E-state index contributed by atoms with van der Waals surface area (Å²) in [6.45, 7) is 10.3. The SMILES string of the molecule is CCNCc1cnccc1-n1nc(C)c(CC)c1C. The topological polar surface area (TPSA) is 42.7 Å². The van der Waals surface area contributed by atoms with Crippen molar-refractivity contribution in [3.05, 3.63) is 41.0 Å². The number of nitrogens with zero attached hydrogens (tertiary/aromatic N) is 3. The van der Waals surface area contributed by atoms with Gasteiger partial charge in [-0.05, 0) is 38.4 Å². The molecule has 0 amide bonds. The van der Waals surface area contributed by atoms with Crippen LogP contribution in [0.5, 0.6) is 0 Å². The predicted molar refractivity (Wildman–Crippen MR) is 77.6 cm³/mol. The Morgan fingerprint density at radius 1 is 1.26 bits per heavy atom. The molecule has 0 aliphatic heterocycles. The molecule has 0 fully saturated rings. The van der Waals surface area contributed by atoms with Crippen LogP contribution in [0.15, 0.2) is 18.5 Å². The Morgan fingerprint density at radius 2 is 2.05 bits per heavy atom. The summed E-state index contributed by atoms with van der Waals surface area (Å²) in [7, 11) is 0. The molecular formula is C15H22N4. The molecule has 4 heteroatoms. The molecule has 2 heterocycles. The molecule has 0 spiro atoms. The lowest BCUT2D eigenvalue weighted by molar-refractivity contribution is 0.710. The smallest absolute Gasteiger partial charge is 0.0724 e. The molecule has 1 N–H and O–H groups in total. The van der Waals surface area contributed by atoms with Gasteiger partial charge in [-0.25, -0.2) is 4.68 Å². The number of pyridine rings is 1. The van der Waals surface area contributed by atoms with Crippen molar-refractivity contribution < 1.29 is 0 Å². The third kappa shape index (κ3) is 2.68. The Balaban J connectivity index is 2.47. The number of aromatic nitrogens is 3. The quantitative estimate of drug-likeness (QED) is 0.896. The highest BCUT2D eigenvalue weighted by Crippen LogP contribution is 2.20. The lowest BCUT2D eigenvalue weighted by atomic mass is 10.1. The van der Waals surface area contributed by atoms with Crippen LogP contribution < -0.4 is 5.32 Å². The Bertz CT molecular complexity index is 557. The first-order chi connectivity index (χ1) is 9.19. The van der Waals surface area contributed by atoms with Gasteiger partial charge in [0.2, 0.25) is 0 Å². The van der Waals surface area contributed by atoms with E-state index in [1.165, 1.54) is 16.8 Å². The van der Waals surface area contributed by atoms with E-state index in [2.05, 4.69) is 43.1 Å². The van der Waals surface area contributed by atoms with Crippen molar-refractivity contribution in [3.63, 3.8) is 0 Å². The molecule has 2 aromatic heterocycles. The minimum absolute atomic E-state index is 0.819. The number of hydrogen-bond donors (Lipinski definition) is 1. The van der Waals surface area contributed by atoms with E-state index in [9.17, 15) is 0 Å². The fraction of sp³-hybridized carbons (Fsp3) is 0.467. The van der Waals surface area contributed by atoms with Crippen LogP contribution in [0.2, 0.25) is 0 Å². The predicted octanol–water partition coefficient (Wildman–Crippen LogP) is 2.56.